The predicted molar refractivity (Wildman–Crippen MR) is 93.5 cm³/mol. The zero-order chi connectivity index (χ0) is 18.7. The van der Waals surface area contributed by atoms with E-state index in [1.807, 2.05) is 25.1 Å². The Morgan fingerprint density at radius 3 is 2.24 bits per heavy atom. The molecule has 6 nitrogen and oxygen atoms in total. The van der Waals surface area contributed by atoms with Gasteiger partial charge in [0, 0.05) is 5.02 Å². The number of halogens is 1. The van der Waals surface area contributed by atoms with E-state index in [9.17, 15) is 9.59 Å². The minimum atomic E-state index is -0.991. The molecule has 0 radical (unpaired) electrons. The molecule has 7 heteroatoms. The Bertz CT molecular complexity index is 687. The molecule has 0 saturated heterocycles. The number of benzene rings is 2. The molecule has 0 spiro atoms. The third kappa shape index (κ3) is 9.22. The van der Waals surface area contributed by atoms with Crippen LogP contribution >= 0.6 is 11.6 Å². The molecule has 0 aromatic heterocycles. The minimum Gasteiger partial charge on any atom is -0.493 e. The summed E-state index contributed by atoms with van der Waals surface area (Å²) in [5, 5.41) is 17.3. The molecule has 0 heterocycles. The lowest BCUT2D eigenvalue weighted by Crippen LogP contribution is -2.09. The van der Waals surface area contributed by atoms with Crippen LogP contribution in [0.2, 0.25) is 5.02 Å². The van der Waals surface area contributed by atoms with E-state index >= 15 is 0 Å². The summed E-state index contributed by atoms with van der Waals surface area (Å²) in [7, 11) is 0. The molecule has 0 atom stereocenters. The van der Waals surface area contributed by atoms with E-state index < -0.39 is 11.9 Å². The van der Waals surface area contributed by atoms with Gasteiger partial charge in [-0.25, -0.2) is 4.79 Å². The van der Waals surface area contributed by atoms with Crippen LogP contribution in [0.3, 0.4) is 0 Å². The van der Waals surface area contributed by atoms with Crippen LogP contribution in [0.15, 0.2) is 48.5 Å². The summed E-state index contributed by atoms with van der Waals surface area (Å²) in [4.78, 5) is 20.3. The second-order valence-corrected chi connectivity index (χ2v) is 5.33. The van der Waals surface area contributed by atoms with Crippen molar-refractivity contribution in [3.05, 3.63) is 59.1 Å². The van der Waals surface area contributed by atoms with Crippen molar-refractivity contribution in [2.75, 3.05) is 13.2 Å². The fraction of sp³-hybridized carbons (Fsp3) is 0.222. The number of aryl methyl sites for hydroxylation is 1. The normalized spacial score (nSPS) is 9.52. The lowest BCUT2D eigenvalue weighted by Gasteiger charge is -2.06. The number of carbonyl (C=O) groups is 2. The van der Waals surface area contributed by atoms with Crippen molar-refractivity contribution in [1.82, 2.24) is 0 Å². The molecule has 0 unspecified atom stereocenters. The molecule has 0 aliphatic rings. The van der Waals surface area contributed by atoms with Gasteiger partial charge in [0.25, 0.3) is 0 Å². The Kier molecular flexibility index (Phi) is 8.89. The first-order valence-corrected chi connectivity index (χ1v) is 7.76. The van der Waals surface area contributed by atoms with Crippen LogP contribution < -0.4 is 9.47 Å². The van der Waals surface area contributed by atoms with Gasteiger partial charge in [0.15, 0.2) is 6.61 Å². The Hall–Kier alpha value is -2.73. The number of rotatable bonds is 7. The molecule has 0 fully saturated rings. The zero-order valence-corrected chi connectivity index (χ0v) is 14.4. The fourth-order valence-corrected chi connectivity index (χ4v) is 1.91. The molecule has 0 aliphatic carbocycles. The van der Waals surface area contributed by atoms with Gasteiger partial charge in [-0.15, -0.1) is 0 Å². The van der Waals surface area contributed by atoms with Crippen LogP contribution in [0.5, 0.6) is 11.5 Å². The van der Waals surface area contributed by atoms with Crippen LogP contribution in [-0.2, 0) is 9.59 Å². The summed E-state index contributed by atoms with van der Waals surface area (Å²) in [5.41, 5.74) is 0.828. The average molecular weight is 367 g/mol. The van der Waals surface area contributed by atoms with E-state index in [-0.39, 0.29) is 19.6 Å². The molecular weight excluding hydrogens is 348 g/mol. The molecule has 0 saturated carbocycles. The van der Waals surface area contributed by atoms with E-state index in [1.54, 1.807) is 30.3 Å². The lowest BCUT2D eigenvalue weighted by molar-refractivity contribution is -0.139. The van der Waals surface area contributed by atoms with Crippen molar-refractivity contribution in [1.29, 1.82) is 0 Å². The third-order valence-electron chi connectivity index (χ3n) is 2.82. The molecule has 134 valence electrons. The van der Waals surface area contributed by atoms with E-state index in [0.717, 1.165) is 5.56 Å². The highest BCUT2D eigenvalue weighted by Crippen LogP contribution is 2.21. The minimum absolute atomic E-state index is 0.0366. The average Bonchev–Trinajstić information content (AvgIpc) is 2.55. The molecule has 0 aliphatic heterocycles. The van der Waals surface area contributed by atoms with Crippen molar-refractivity contribution < 1.29 is 29.3 Å². The monoisotopic (exact) mass is 366 g/mol. The van der Waals surface area contributed by atoms with Gasteiger partial charge >= 0.3 is 11.9 Å². The summed E-state index contributed by atoms with van der Waals surface area (Å²) in [6.45, 7) is 1.70. The second-order valence-electron chi connectivity index (χ2n) is 4.90. The first-order chi connectivity index (χ1) is 11.9. The fourth-order valence-electron chi connectivity index (χ4n) is 1.69. The number of aliphatic carboxylic acids is 2. The summed E-state index contributed by atoms with van der Waals surface area (Å²) >= 11 is 5.71. The second kappa shape index (κ2) is 10.9. The van der Waals surface area contributed by atoms with Crippen molar-refractivity contribution in [2.45, 2.75) is 13.3 Å². The van der Waals surface area contributed by atoms with Crippen molar-refractivity contribution >= 4 is 23.5 Å². The van der Waals surface area contributed by atoms with Crippen molar-refractivity contribution in [3.8, 4) is 11.5 Å². The smallest absolute Gasteiger partial charge is 0.341 e. The highest BCUT2D eigenvalue weighted by Gasteiger charge is 2.02. The van der Waals surface area contributed by atoms with E-state index in [1.165, 1.54) is 0 Å². The Labute approximate surface area is 150 Å². The lowest BCUT2D eigenvalue weighted by atomic mass is 10.2. The molecule has 25 heavy (non-hydrogen) atoms. The number of ether oxygens (including phenoxy) is 2. The zero-order valence-electron chi connectivity index (χ0n) is 13.6. The number of carboxylic acid groups (broad SMARTS) is 2. The Morgan fingerprint density at radius 2 is 1.68 bits per heavy atom. The van der Waals surface area contributed by atoms with Gasteiger partial charge in [-0.3, -0.25) is 4.79 Å². The quantitative estimate of drug-likeness (QED) is 0.776. The van der Waals surface area contributed by atoms with E-state index in [4.69, 9.17) is 31.3 Å². The van der Waals surface area contributed by atoms with E-state index in [2.05, 4.69) is 0 Å². The van der Waals surface area contributed by atoms with Crippen LogP contribution in [-0.4, -0.2) is 35.4 Å². The third-order valence-corrected chi connectivity index (χ3v) is 3.05. The van der Waals surface area contributed by atoms with Gasteiger partial charge in [0.2, 0.25) is 0 Å². The number of hydrogen-bond donors (Lipinski definition) is 2. The summed E-state index contributed by atoms with van der Waals surface area (Å²) in [5.74, 6) is -0.578. The van der Waals surface area contributed by atoms with Crippen LogP contribution in [0.1, 0.15) is 12.0 Å². The van der Waals surface area contributed by atoms with Crippen molar-refractivity contribution in [3.63, 3.8) is 0 Å². The van der Waals surface area contributed by atoms with Gasteiger partial charge < -0.3 is 19.7 Å². The number of para-hydroxylation sites is 1. The number of hydrogen-bond acceptors (Lipinski definition) is 4. The first-order valence-electron chi connectivity index (χ1n) is 7.39. The SMILES string of the molecule is Cc1cc(Cl)ccc1OCC(=O)O.O=C(O)CCOc1ccccc1. The largest absolute Gasteiger partial charge is 0.493 e. The van der Waals surface area contributed by atoms with Crippen LogP contribution in [0, 0.1) is 6.92 Å². The molecule has 2 aromatic rings. The van der Waals surface area contributed by atoms with Gasteiger partial charge in [-0.1, -0.05) is 29.8 Å². The van der Waals surface area contributed by atoms with Crippen LogP contribution in [0.25, 0.3) is 0 Å². The van der Waals surface area contributed by atoms with Gasteiger partial charge in [0.1, 0.15) is 11.5 Å². The Morgan fingerprint density at radius 1 is 1.00 bits per heavy atom. The van der Waals surface area contributed by atoms with E-state index in [0.29, 0.717) is 16.5 Å². The molecule has 2 aromatic carbocycles. The maximum absolute atomic E-state index is 10.2. The first kappa shape index (κ1) is 20.3. The highest BCUT2D eigenvalue weighted by atomic mass is 35.5. The van der Waals surface area contributed by atoms with Crippen LogP contribution in [0.4, 0.5) is 0 Å². The van der Waals surface area contributed by atoms with Gasteiger partial charge in [0.05, 0.1) is 13.0 Å². The topological polar surface area (TPSA) is 93.1 Å². The van der Waals surface area contributed by atoms with Gasteiger partial charge in [-0.05, 0) is 42.8 Å². The molecular formula is C18H19ClO6. The number of carboxylic acids is 2. The standard InChI is InChI=1S/C9H9ClO3.C9H10O3/c1-6-4-7(10)2-3-8(6)13-5-9(11)12;10-9(11)6-7-12-8-4-2-1-3-5-8/h2-4H,5H2,1H3,(H,11,12);1-5H,6-7H2,(H,10,11). The highest BCUT2D eigenvalue weighted by molar-refractivity contribution is 6.30. The molecule has 2 N–H and O–H groups in total. The molecule has 0 amide bonds. The maximum atomic E-state index is 10.2. The maximum Gasteiger partial charge on any atom is 0.341 e. The van der Waals surface area contributed by atoms with Crippen molar-refractivity contribution in [2.24, 2.45) is 0 Å². The summed E-state index contributed by atoms with van der Waals surface area (Å²) < 4.78 is 10.1. The predicted octanol–water partition coefficient (Wildman–Crippen LogP) is 3.65. The Balaban J connectivity index is 0.000000251. The summed E-state index contributed by atoms with van der Waals surface area (Å²) in [6.07, 6.45) is 0.0366. The molecule has 2 rings (SSSR count). The molecule has 0 bridgehead atoms. The summed E-state index contributed by atoms with van der Waals surface area (Å²) in [6, 6.07) is 14.2. The van der Waals surface area contributed by atoms with Gasteiger partial charge in [-0.2, -0.15) is 0 Å².